The molecule has 0 N–H and O–H groups in total. The summed E-state index contributed by atoms with van der Waals surface area (Å²) in [5.41, 5.74) is 2.94. The summed E-state index contributed by atoms with van der Waals surface area (Å²) in [6.07, 6.45) is 6.20. The molecule has 19 heavy (non-hydrogen) atoms. The third-order valence-electron chi connectivity index (χ3n) is 2.77. The maximum atomic E-state index is 8.75. The molecule has 0 spiro atoms. The van der Waals surface area contributed by atoms with Crippen molar-refractivity contribution in [2.24, 2.45) is 0 Å². The van der Waals surface area contributed by atoms with Crippen molar-refractivity contribution in [2.45, 2.75) is 6.42 Å². The molecule has 0 bridgehead atoms. The Kier molecular flexibility index (Phi) is 3.09. The van der Waals surface area contributed by atoms with Gasteiger partial charge >= 0.3 is 0 Å². The first-order valence-corrected chi connectivity index (χ1v) is 6.72. The summed E-state index contributed by atoms with van der Waals surface area (Å²) in [5, 5.41) is 21.1. The lowest BCUT2D eigenvalue weighted by atomic mass is 10.2. The van der Waals surface area contributed by atoms with Gasteiger partial charge in [-0.3, -0.25) is 4.40 Å². The largest absolute Gasteiger partial charge is 0.285 e. The standard InChI is InChI=1S/C14H10N4S/c15-7-5-13-16-17-14-12(2-1-8-18(13)14)4-3-11-6-9-19-10-11/h1-4,6,8-10H,5H2/b4-3+. The molecule has 0 saturated carbocycles. The third kappa shape index (κ3) is 2.26. The first-order chi connectivity index (χ1) is 9.38. The van der Waals surface area contributed by atoms with Gasteiger partial charge in [-0.1, -0.05) is 12.2 Å². The SMILES string of the molecule is N#CCc1nnc2c(/C=C/c3ccsc3)cccn12. The minimum atomic E-state index is 0.263. The molecule has 0 radical (unpaired) electrons. The van der Waals surface area contributed by atoms with Crippen LogP contribution in [0.4, 0.5) is 0 Å². The lowest BCUT2D eigenvalue weighted by molar-refractivity contribution is 0.957. The quantitative estimate of drug-likeness (QED) is 0.732. The van der Waals surface area contributed by atoms with Gasteiger partial charge in [-0.2, -0.15) is 16.6 Å². The van der Waals surface area contributed by atoms with Gasteiger partial charge in [-0.25, -0.2) is 0 Å². The second kappa shape index (κ2) is 5.04. The second-order valence-corrected chi connectivity index (χ2v) is 4.78. The van der Waals surface area contributed by atoms with Gasteiger partial charge in [-0.05, 0) is 34.5 Å². The Morgan fingerprint density at radius 1 is 1.32 bits per heavy atom. The highest BCUT2D eigenvalue weighted by atomic mass is 32.1. The predicted octanol–water partition coefficient (Wildman–Crippen LogP) is 3.03. The molecule has 4 nitrogen and oxygen atoms in total. The zero-order chi connectivity index (χ0) is 13.1. The van der Waals surface area contributed by atoms with E-state index >= 15 is 0 Å². The molecule has 0 aliphatic heterocycles. The number of aromatic nitrogens is 3. The van der Waals surface area contributed by atoms with Crippen LogP contribution in [0.15, 0.2) is 35.2 Å². The van der Waals surface area contributed by atoms with Crippen molar-refractivity contribution in [3.8, 4) is 6.07 Å². The van der Waals surface area contributed by atoms with Crippen molar-refractivity contribution in [3.05, 3.63) is 52.1 Å². The van der Waals surface area contributed by atoms with E-state index in [0.29, 0.717) is 5.82 Å². The lowest BCUT2D eigenvalue weighted by Crippen LogP contribution is -1.93. The van der Waals surface area contributed by atoms with E-state index in [-0.39, 0.29) is 6.42 Å². The normalized spacial score (nSPS) is 11.1. The summed E-state index contributed by atoms with van der Waals surface area (Å²) in [4.78, 5) is 0. The maximum absolute atomic E-state index is 8.75. The molecule has 3 heterocycles. The van der Waals surface area contributed by atoms with Crippen LogP contribution >= 0.6 is 11.3 Å². The van der Waals surface area contributed by atoms with Gasteiger partial charge in [-0.15, -0.1) is 10.2 Å². The Labute approximate surface area is 114 Å². The topological polar surface area (TPSA) is 54.0 Å². The number of nitrogens with zero attached hydrogens (tertiary/aromatic N) is 4. The Balaban J connectivity index is 2.03. The minimum absolute atomic E-state index is 0.263. The van der Waals surface area contributed by atoms with E-state index in [1.807, 2.05) is 40.3 Å². The van der Waals surface area contributed by atoms with Crippen LogP contribution in [0, 0.1) is 11.3 Å². The average molecular weight is 266 g/mol. The van der Waals surface area contributed by atoms with Gasteiger partial charge in [0.05, 0.1) is 12.5 Å². The molecule has 92 valence electrons. The predicted molar refractivity (Wildman–Crippen MR) is 75.6 cm³/mol. The number of fused-ring (bicyclic) bond motifs is 1. The summed E-state index contributed by atoms with van der Waals surface area (Å²) in [6, 6.07) is 8.08. The fourth-order valence-electron chi connectivity index (χ4n) is 1.86. The molecule has 0 aromatic carbocycles. The highest BCUT2D eigenvalue weighted by Crippen LogP contribution is 2.15. The number of thiophene rings is 1. The van der Waals surface area contributed by atoms with Crippen LogP contribution in [0.1, 0.15) is 17.0 Å². The number of pyridine rings is 1. The molecule has 0 fully saturated rings. The Morgan fingerprint density at radius 3 is 3.05 bits per heavy atom. The zero-order valence-corrected chi connectivity index (χ0v) is 10.8. The van der Waals surface area contributed by atoms with Crippen LogP contribution in [-0.4, -0.2) is 14.6 Å². The van der Waals surface area contributed by atoms with Gasteiger partial charge in [0.25, 0.3) is 0 Å². The number of rotatable bonds is 3. The van der Waals surface area contributed by atoms with Crippen LogP contribution in [0.5, 0.6) is 0 Å². The molecule has 3 aromatic rings. The molecular formula is C14H10N4S. The van der Waals surface area contributed by atoms with Crippen LogP contribution in [0.3, 0.4) is 0 Å². The fraction of sp³-hybridized carbons (Fsp3) is 0.0714. The van der Waals surface area contributed by atoms with Crippen molar-refractivity contribution in [1.29, 1.82) is 5.26 Å². The molecule has 0 aliphatic carbocycles. The van der Waals surface area contributed by atoms with E-state index in [1.54, 1.807) is 11.3 Å². The molecule has 0 atom stereocenters. The van der Waals surface area contributed by atoms with Gasteiger partial charge in [0.15, 0.2) is 11.5 Å². The Bertz CT molecular complexity index is 762. The molecule has 0 aliphatic rings. The van der Waals surface area contributed by atoms with Gasteiger partial charge < -0.3 is 0 Å². The van der Waals surface area contributed by atoms with E-state index in [2.05, 4.69) is 27.7 Å². The molecule has 0 amide bonds. The van der Waals surface area contributed by atoms with Crippen LogP contribution in [-0.2, 0) is 6.42 Å². The van der Waals surface area contributed by atoms with E-state index in [1.165, 1.54) is 5.56 Å². The molecule has 3 aromatic heterocycles. The monoisotopic (exact) mass is 266 g/mol. The van der Waals surface area contributed by atoms with E-state index in [0.717, 1.165) is 11.2 Å². The van der Waals surface area contributed by atoms with Crippen LogP contribution < -0.4 is 0 Å². The van der Waals surface area contributed by atoms with Crippen molar-refractivity contribution in [3.63, 3.8) is 0 Å². The first-order valence-electron chi connectivity index (χ1n) is 5.78. The Hall–Kier alpha value is -2.45. The third-order valence-corrected chi connectivity index (χ3v) is 3.47. The van der Waals surface area contributed by atoms with E-state index in [4.69, 9.17) is 5.26 Å². The smallest absolute Gasteiger partial charge is 0.168 e. The number of hydrogen-bond donors (Lipinski definition) is 0. The number of hydrogen-bond acceptors (Lipinski definition) is 4. The highest BCUT2D eigenvalue weighted by molar-refractivity contribution is 7.08. The molecule has 3 rings (SSSR count). The van der Waals surface area contributed by atoms with Crippen molar-refractivity contribution in [1.82, 2.24) is 14.6 Å². The van der Waals surface area contributed by atoms with Gasteiger partial charge in [0.1, 0.15) is 0 Å². The van der Waals surface area contributed by atoms with Crippen molar-refractivity contribution < 1.29 is 0 Å². The molecule has 5 heteroatoms. The van der Waals surface area contributed by atoms with Crippen LogP contribution in [0.2, 0.25) is 0 Å². The van der Waals surface area contributed by atoms with E-state index in [9.17, 15) is 0 Å². The summed E-state index contributed by atoms with van der Waals surface area (Å²) in [5.74, 6) is 0.670. The lowest BCUT2D eigenvalue weighted by Gasteiger charge is -1.98. The van der Waals surface area contributed by atoms with Crippen molar-refractivity contribution >= 4 is 29.1 Å². The molecular weight excluding hydrogens is 256 g/mol. The number of nitriles is 1. The Morgan fingerprint density at radius 2 is 2.26 bits per heavy atom. The van der Waals surface area contributed by atoms with Gasteiger partial charge in [0.2, 0.25) is 0 Å². The van der Waals surface area contributed by atoms with Crippen molar-refractivity contribution in [2.75, 3.05) is 0 Å². The van der Waals surface area contributed by atoms with Crippen LogP contribution in [0.25, 0.3) is 17.8 Å². The van der Waals surface area contributed by atoms with Gasteiger partial charge in [0, 0.05) is 11.8 Å². The average Bonchev–Trinajstić information content (AvgIpc) is 3.07. The highest BCUT2D eigenvalue weighted by Gasteiger charge is 2.06. The first kappa shape index (κ1) is 11.6. The summed E-state index contributed by atoms with van der Waals surface area (Å²) in [7, 11) is 0. The molecule has 0 unspecified atom stereocenters. The molecule has 0 saturated heterocycles. The van der Waals surface area contributed by atoms with E-state index < -0.39 is 0 Å². The second-order valence-electron chi connectivity index (χ2n) is 4.00. The summed E-state index contributed by atoms with van der Waals surface area (Å²) < 4.78 is 1.86. The maximum Gasteiger partial charge on any atom is 0.168 e. The zero-order valence-electron chi connectivity index (χ0n) is 10.0. The fourth-order valence-corrected chi connectivity index (χ4v) is 2.49. The minimum Gasteiger partial charge on any atom is -0.285 e. The summed E-state index contributed by atoms with van der Waals surface area (Å²) in [6.45, 7) is 0. The summed E-state index contributed by atoms with van der Waals surface area (Å²) >= 11 is 1.67.